The highest BCUT2D eigenvalue weighted by molar-refractivity contribution is 5.94. The average molecular weight is 333 g/mol. The Morgan fingerprint density at radius 3 is 2.71 bits per heavy atom. The Balaban J connectivity index is 1.31. The summed E-state index contributed by atoms with van der Waals surface area (Å²) in [4.78, 5) is 24.0. The highest BCUT2D eigenvalue weighted by atomic mass is 19.1. The van der Waals surface area contributed by atoms with Crippen LogP contribution < -0.4 is 16.0 Å². The SMILES string of the molecule is O=C(NCCCNC(=O)C1CC12CCNCC2)c1cccc(F)c1. The topological polar surface area (TPSA) is 70.2 Å². The summed E-state index contributed by atoms with van der Waals surface area (Å²) < 4.78 is 13.1. The zero-order chi connectivity index (χ0) is 17.0. The molecule has 1 heterocycles. The standard InChI is InChI=1S/C18H24FN3O2/c19-14-4-1-3-13(11-14)16(23)21-7-2-8-22-17(24)15-12-18(15)5-9-20-10-6-18/h1,3-4,11,15,20H,2,5-10,12H2,(H,21,23)(H,22,24). The van der Waals surface area contributed by atoms with Gasteiger partial charge in [-0.05, 0) is 62.4 Å². The Bertz CT molecular complexity index is 614. The van der Waals surface area contributed by atoms with Crippen LogP contribution >= 0.6 is 0 Å². The van der Waals surface area contributed by atoms with Gasteiger partial charge in [-0.3, -0.25) is 9.59 Å². The first-order chi connectivity index (χ1) is 11.6. The van der Waals surface area contributed by atoms with Crippen molar-refractivity contribution in [2.75, 3.05) is 26.2 Å². The van der Waals surface area contributed by atoms with Crippen LogP contribution in [-0.2, 0) is 4.79 Å². The molecule has 3 rings (SSSR count). The Hall–Kier alpha value is -1.95. The minimum Gasteiger partial charge on any atom is -0.356 e. The van der Waals surface area contributed by atoms with Gasteiger partial charge in [-0.25, -0.2) is 4.39 Å². The van der Waals surface area contributed by atoms with Crippen LogP contribution in [0.4, 0.5) is 4.39 Å². The molecule has 2 fully saturated rings. The van der Waals surface area contributed by atoms with E-state index < -0.39 is 5.82 Å². The van der Waals surface area contributed by atoms with E-state index in [1.807, 2.05) is 0 Å². The van der Waals surface area contributed by atoms with Crippen molar-refractivity contribution in [3.8, 4) is 0 Å². The van der Waals surface area contributed by atoms with Gasteiger partial charge in [0.05, 0.1) is 0 Å². The van der Waals surface area contributed by atoms with Crippen LogP contribution in [0, 0.1) is 17.2 Å². The third kappa shape index (κ3) is 3.93. The molecule has 5 nitrogen and oxygen atoms in total. The van der Waals surface area contributed by atoms with E-state index in [-0.39, 0.29) is 23.1 Å². The first kappa shape index (κ1) is 16.9. The molecule has 3 N–H and O–H groups in total. The molecule has 2 amide bonds. The Kier molecular flexibility index (Phi) is 5.14. The third-order valence-corrected chi connectivity index (χ3v) is 5.13. The maximum atomic E-state index is 13.1. The second-order valence-electron chi connectivity index (χ2n) is 6.78. The monoisotopic (exact) mass is 333 g/mol. The van der Waals surface area contributed by atoms with E-state index in [2.05, 4.69) is 16.0 Å². The fourth-order valence-corrected chi connectivity index (χ4v) is 3.55. The number of hydrogen-bond donors (Lipinski definition) is 3. The number of benzene rings is 1. The fourth-order valence-electron chi connectivity index (χ4n) is 3.55. The molecule has 1 unspecified atom stereocenters. The van der Waals surface area contributed by atoms with Gasteiger partial charge in [0.2, 0.25) is 5.91 Å². The molecule has 1 aromatic rings. The number of carbonyl (C=O) groups is 2. The molecular formula is C18H24FN3O2. The number of amides is 2. The Labute approximate surface area is 141 Å². The van der Waals surface area contributed by atoms with Gasteiger partial charge in [0.25, 0.3) is 5.91 Å². The van der Waals surface area contributed by atoms with Crippen molar-refractivity contribution in [2.24, 2.45) is 11.3 Å². The molecule has 24 heavy (non-hydrogen) atoms. The zero-order valence-electron chi connectivity index (χ0n) is 13.7. The summed E-state index contributed by atoms with van der Waals surface area (Å²) in [5, 5.41) is 9.04. The van der Waals surface area contributed by atoms with Gasteiger partial charge in [-0.1, -0.05) is 6.07 Å². The number of rotatable bonds is 6. The lowest BCUT2D eigenvalue weighted by Gasteiger charge is -2.23. The summed E-state index contributed by atoms with van der Waals surface area (Å²) in [6, 6.07) is 5.60. The molecular weight excluding hydrogens is 309 g/mol. The smallest absolute Gasteiger partial charge is 0.251 e. The van der Waals surface area contributed by atoms with Crippen LogP contribution in [-0.4, -0.2) is 38.0 Å². The van der Waals surface area contributed by atoms with Crippen molar-refractivity contribution >= 4 is 11.8 Å². The van der Waals surface area contributed by atoms with E-state index in [4.69, 9.17) is 0 Å². The first-order valence-electron chi connectivity index (χ1n) is 8.63. The summed E-state index contributed by atoms with van der Waals surface area (Å²) >= 11 is 0. The first-order valence-corrected chi connectivity index (χ1v) is 8.63. The van der Waals surface area contributed by atoms with Gasteiger partial charge in [-0.2, -0.15) is 0 Å². The molecule has 0 bridgehead atoms. The van der Waals surface area contributed by atoms with E-state index in [9.17, 15) is 14.0 Å². The van der Waals surface area contributed by atoms with E-state index in [0.717, 1.165) is 32.4 Å². The van der Waals surface area contributed by atoms with E-state index in [1.165, 1.54) is 18.2 Å². The van der Waals surface area contributed by atoms with Crippen LogP contribution in [0.25, 0.3) is 0 Å². The molecule has 1 aromatic carbocycles. The quantitative estimate of drug-likeness (QED) is 0.690. The van der Waals surface area contributed by atoms with Gasteiger partial charge in [0, 0.05) is 24.6 Å². The van der Waals surface area contributed by atoms with Gasteiger partial charge in [-0.15, -0.1) is 0 Å². The van der Waals surface area contributed by atoms with Gasteiger partial charge >= 0.3 is 0 Å². The summed E-state index contributed by atoms with van der Waals surface area (Å²) in [7, 11) is 0. The predicted octanol–water partition coefficient (Wildman–Crippen LogP) is 1.45. The molecule has 1 spiro atoms. The average Bonchev–Trinajstić information content (AvgIpc) is 3.28. The second-order valence-corrected chi connectivity index (χ2v) is 6.78. The highest BCUT2D eigenvalue weighted by Crippen LogP contribution is 2.58. The second kappa shape index (κ2) is 7.30. The maximum absolute atomic E-state index is 13.1. The van der Waals surface area contributed by atoms with Crippen molar-refractivity contribution in [2.45, 2.75) is 25.7 Å². The normalized spacial score (nSPS) is 21.3. The molecule has 0 radical (unpaired) electrons. The summed E-state index contributed by atoms with van der Waals surface area (Å²) in [5.41, 5.74) is 0.561. The molecule has 1 saturated carbocycles. The van der Waals surface area contributed by atoms with Crippen molar-refractivity contribution in [3.63, 3.8) is 0 Å². The summed E-state index contributed by atoms with van der Waals surface area (Å²) in [5.74, 6) is -0.405. The third-order valence-electron chi connectivity index (χ3n) is 5.13. The minimum atomic E-state index is -0.425. The van der Waals surface area contributed by atoms with Crippen molar-refractivity contribution in [1.82, 2.24) is 16.0 Å². The van der Waals surface area contributed by atoms with Crippen LogP contribution in [0.2, 0.25) is 0 Å². The van der Waals surface area contributed by atoms with Gasteiger partial charge in [0.1, 0.15) is 5.82 Å². The van der Waals surface area contributed by atoms with Crippen molar-refractivity contribution in [1.29, 1.82) is 0 Å². The zero-order valence-corrected chi connectivity index (χ0v) is 13.7. The van der Waals surface area contributed by atoms with Crippen LogP contribution in [0.3, 0.4) is 0 Å². The van der Waals surface area contributed by atoms with Crippen LogP contribution in [0.1, 0.15) is 36.0 Å². The number of piperidine rings is 1. The van der Waals surface area contributed by atoms with Gasteiger partial charge in [0.15, 0.2) is 0 Å². The Morgan fingerprint density at radius 2 is 1.96 bits per heavy atom. The lowest BCUT2D eigenvalue weighted by Crippen LogP contribution is -2.34. The summed E-state index contributed by atoms with van der Waals surface area (Å²) in [6.45, 7) is 3.02. The van der Waals surface area contributed by atoms with E-state index in [1.54, 1.807) is 6.07 Å². The van der Waals surface area contributed by atoms with E-state index >= 15 is 0 Å². The molecule has 130 valence electrons. The lowest BCUT2D eigenvalue weighted by atomic mass is 9.92. The van der Waals surface area contributed by atoms with Crippen LogP contribution in [0.15, 0.2) is 24.3 Å². The van der Waals surface area contributed by atoms with E-state index in [0.29, 0.717) is 25.1 Å². The van der Waals surface area contributed by atoms with Gasteiger partial charge < -0.3 is 16.0 Å². The number of halogens is 1. The molecule has 1 aliphatic heterocycles. The minimum absolute atomic E-state index is 0.147. The molecule has 6 heteroatoms. The van der Waals surface area contributed by atoms with Crippen LogP contribution in [0.5, 0.6) is 0 Å². The number of nitrogens with one attached hydrogen (secondary N) is 3. The maximum Gasteiger partial charge on any atom is 0.251 e. The summed E-state index contributed by atoms with van der Waals surface area (Å²) in [6.07, 6.45) is 3.86. The number of hydrogen-bond acceptors (Lipinski definition) is 3. The molecule has 1 aliphatic carbocycles. The molecule has 1 atom stereocenters. The highest BCUT2D eigenvalue weighted by Gasteiger charge is 2.57. The predicted molar refractivity (Wildman–Crippen MR) is 89.0 cm³/mol. The lowest BCUT2D eigenvalue weighted by molar-refractivity contribution is -0.123. The van der Waals surface area contributed by atoms with Crippen molar-refractivity contribution < 1.29 is 14.0 Å². The molecule has 2 aliphatic rings. The Morgan fingerprint density at radius 1 is 1.21 bits per heavy atom. The molecule has 0 aromatic heterocycles. The fraction of sp³-hybridized carbons (Fsp3) is 0.556. The molecule has 1 saturated heterocycles. The van der Waals surface area contributed by atoms with Crippen molar-refractivity contribution in [3.05, 3.63) is 35.6 Å². The number of carbonyl (C=O) groups excluding carboxylic acids is 2. The largest absolute Gasteiger partial charge is 0.356 e.